The summed E-state index contributed by atoms with van der Waals surface area (Å²) in [6.45, 7) is 1.29. The molecule has 0 radical (unpaired) electrons. The number of amides is 1. The van der Waals surface area contributed by atoms with E-state index in [0.29, 0.717) is 13.1 Å². The normalized spacial score (nSPS) is 17.5. The van der Waals surface area contributed by atoms with Gasteiger partial charge in [0, 0.05) is 6.54 Å². The van der Waals surface area contributed by atoms with Crippen LogP contribution in [0.1, 0.15) is 22.8 Å². The molecule has 1 unspecified atom stereocenters. The topological polar surface area (TPSA) is 55.1 Å². The number of hydrogen-bond donors (Lipinski definition) is 2. The molecule has 1 heterocycles. The van der Waals surface area contributed by atoms with Gasteiger partial charge in [-0.15, -0.1) is 24.2 Å². The Bertz CT molecular complexity index is 400. The van der Waals surface area contributed by atoms with Crippen LogP contribution < -0.4 is 11.1 Å². The Labute approximate surface area is 118 Å². The quantitative estimate of drug-likeness (QED) is 0.832. The highest BCUT2D eigenvalue weighted by Crippen LogP contribution is 2.36. The summed E-state index contributed by atoms with van der Waals surface area (Å²) in [6.07, 6.45) is 1.90. The molecule has 1 atom stereocenters. The number of fused-ring (bicyclic) bond motifs is 1. The first kappa shape index (κ1) is 15.3. The van der Waals surface area contributed by atoms with Crippen molar-refractivity contribution in [3.05, 3.63) is 35.4 Å². The number of nitrogens with two attached hydrogens (primary N) is 1. The lowest BCUT2D eigenvalue weighted by Gasteiger charge is -2.24. The minimum absolute atomic E-state index is 0. The van der Waals surface area contributed by atoms with Gasteiger partial charge in [-0.2, -0.15) is 0 Å². The number of nitrogens with one attached hydrogen (secondary N) is 1. The van der Waals surface area contributed by atoms with E-state index in [1.54, 1.807) is 11.8 Å². The van der Waals surface area contributed by atoms with E-state index in [-0.39, 0.29) is 23.6 Å². The summed E-state index contributed by atoms with van der Waals surface area (Å²) in [7, 11) is 0. The molecule has 0 aliphatic carbocycles. The van der Waals surface area contributed by atoms with Gasteiger partial charge in [0.15, 0.2) is 0 Å². The van der Waals surface area contributed by atoms with Gasteiger partial charge in [-0.25, -0.2) is 0 Å². The number of halogens is 1. The molecule has 0 aromatic heterocycles. The maximum absolute atomic E-state index is 12.1. The van der Waals surface area contributed by atoms with E-state index in [0.717, 1.165) is 18.6 Å². The average Bonchev–Trinajstić information content (AvgIpc) is 2.38. The molecule has 18 heavy (non-hydrogen) atoms. The summed E-state index contributed by atoms with van der Waals surface area (Å²) in [5, 5.41) is 2.91. The molecule has 0 saturated heterocycles. The fourth-order valence-electron chi connectivity index (χ4n) is 2.02. The molecule has 5 heteroatoms. The Hall–Kier alpha value is -0.710. The van der Waals surface area contributed by atoms with Gasteiger partial charge in [0.25, 0.3) is 0 Å². The van der Waals surface area contributed by atoms with Crippen molar-refractivity contribution in [2.45, 2.75) is 18.1 Å². The first-order chi connectivity index (χ1) is 8.33. The van der Waals surface area contributed by atoms with Crippen molar-refractivity contribution in [2.24, 2.45) is 5.73 Å². The predicted octanol–water partition coefficient (Wildman–Crippen LogP) is 1.90. The van der Waals surface area contributed by atoms with Crippen molar-refractivity contribution in [3.8, 4) is 0 Å². The number of rotatable bonds is 4. The van der Waals surface area contributed by atoms with Crippen LogP contribution in [0, 0.1) is 0 Å². The van der Waals surface area contributed by atoms with Crippen molar-refractivity contribution < 1.29 is 4.79 Å². The van der Waals surface area contributed by atoms with Crippen LogP contribution in [0.3, 0.4) is 0 Å². The van der Waals surface area contributed by atoms with Gasteiger partial charge in [-0.1, -0.05) is 24.3 Å². The molecule has 1 aromatic carbocycles. The summed E-state index contributed by atoms with van der Waals surface area (Å²) < 4.78 is 0. The molecule has 0 saturated carbocycles. The third-order valence-corrected chi connectivity index (χ3v) is 4.15. The molecule has 2 rings (SSSR count). The van der Waals surface area contributed by atoms with Crippen LogP contribution in [0.2, 0.25) is 0 Å². The first-order valence-corrected chi connectivity index (χ1v) is 7.05. The Morgan fingerprint density at radius 1 is 1.44 bits per heavy atom. The van der Waals surface area contributed by atoms with Crippen LogP contribution in [-0.2, 0) is 11.2 Å². The number of benzene rings is 1. The standard InChI is InChI=1S/C13H18N2OS.ClH/c14-7-3-8-15-13(16)12-11-5-2-1-4-10(11)6-9-17-12;/h1-2,4-5,12H,3,6-9,14H2,(H,15,16);1H. The number of hydrogen-bond acceptors (Lipinski definition) is 3. The third kappa shape index (κ3) is 3.64. The van der Waals surface area contributed by atoms with Crippen LogP contribution >= 0.6 is 24.2 Å². The van der Waals surface area contributed by atoms with Crippen molar-refractivity contribution in [1.82, 2.24) is 5.32 Å². The average molecular weight is 287 g/mol. The Morgan fingerprint density at radius 3 is 3.00 bits per heavy atom. The van der Waals surface area contributed by atoms with Crippen LogP contribution in [0.25, 0.3) is 0 Å². The third-order valence-electron chi connectivity index (χ3n) is 2.91. The zero-order chi connectivity index (χ0) is 12.1. The molecular weight excluding hydrogens is 268 g/mol. The highest BCUT2D eigenvalue weighted by atomic mass is 35.5. The Morgan fingerprint density at radius 2 is 2.22 bits per heavy atom. The predicted molar refractivity (Wildman–Crippen MR) is 79.3 cm³/mol. The lowest BCUT2D eigenvalue weighted by atomic mass is 10.0. The smallest absolute Gasteiger partial charge is 0.237 e. The van der Waals surface area contributed by atoms with E-state index in [9.17, 15) is 4.79 Å². The van der Waals surface area contributed by atoms with E-state index in [2.05, 4.69) is 17.4 Å². The van der Waals surface area contributed by atoms with Gasteiger partial charge in [0.05, 0.1) is 0 Å². The maximum Gasteiger partial charge on any atom is 0.237 e. The number of carbonyl (C=O) groups excluding carboxylic acids is 1. The second kappa shape index (κ2) is 7.67. The molecule has 1 aliphatic heterocycles. The van der Waals surface area contributed by atoms with Crippen LogP contribution in [0.15, 0.2) is 24.3 Å². The second-order valence-electron chi connectivity index (χ2n) is 4.13. The molecule has 100 valence electrons. The monoisotopic (exact) mass is 286 g/mol. The molecule has 0 spiro atoms. The highest BCUT2D eigenvalue weighted by Gasteiger charge is 2.26. The largest absolute Gasteiger partial charge is 0.355 e. The van der Waals surface area contributed by atoms with Gasteiger partial charge < -0.3 is 11.1 Å². The van der Waals surface area contributed by atoms with Gasteiger partial charge in [-0.05, 0) is 36.3 Å². The molecule has 1 aromatic rings. The highest BCUT2D eigenvalue weighted by molar-refractivity contribution is 8.00. The van der Waals surface area contributed by atoms with Crippen LogP contribution in [0.4, 0.5) is 0 Å². The minimum atomic E-state index is -0.0438. The zero-order valence-electron chi connectivity index (χ0n) is 10.2. The molecule has 0 fully saturated rings. The van der Waals surface area contributed by atoms with Crippen molar-refractivity contribution >= 4 is 30.1 Å². The molecular formula is C13H19ClN2OS. The van der Waals surface area contributed by atoms with Crippen molar-refractivity contribution in [3.63, 3.8) is 0 Å². The van der Waals surface area contributed by atoms with E-state index in [1.807, 2.05) is 12.1 Å². The Kier molecular flexibility index (Phi) is 6.54. The first-order valence-electron chi connectivity index (χ1n) is 6.00. The molecule has 3 nitrogen and oxygen atoms in total. The lowest BCUT2D eigenvalue weighted by molar-refractivity contribution is -0.120. The molecule has 0 bridgehead atoms. The summed E-state index contributed by atoms with van der Waals surface area (Å²) in [5.41, 5.74) is 7.90. The van der Waals surface area contributed by atoms with E-state index >= 15 is 0 Å². The maximum atomic E-state index is 12.1. The minimum Gasteiger partial charge on any atom is -0.355 e. The molecule has 3 N–H and O–H groups in total. The lowest BCUT2D eigenvalue weighted by Crippen LogP contribution is -2.31. The second-order valence-corrected chi connectivity index (χ2v) is 5.35. The van der Waals surface area contributed by atoms with Gasteiger partial charge in [0.2, 0.25) is 5.91 Å². The van der Waals surface area contributed by atoms with Crippen LogP contribution in [0.5, 0.6) is 0 Å². The number of aryl methyl sites for hydroxylation is 1. The van der Waals surface area contributed by atoms with Crippen LogP contribution in [-0.4, -0.2) is 24.7 Å². The summed E-state index contributed by atoms with van der Waals surface area (Å²) in [6, 6.07) is 8.23. The van der Waals surface area contributed by atoms with E-state index in [4.69, 9.17) is 5.73 Å². The van der Waals surface area contributed by atoms with E-state index < -0.39 is 0 Å². The summed E-state index contributed by atoms with van der Waals surface area (Å²) in [4.78, 5) is 12.1. The van der Waals surface area contributed by atoms with Gasteiger partial charge in [-0.3, -0.25) is 4.79 Å². The fraction of sp³-hybridized carbons (Fsp3) is 0.462. The number of thioether (sulfide) groups is 1. The molecule has 1 aliphatic rings. The fourth-order valence-corrected chi connectivity index (χ4v) is 3.24. The molecule has 1 amide bonds. The van der Waals surface area contributed by atoms with Gasteiger partial charge >= 0.3 is 0 Å². The zero-order valence-corrected chi connectivity index (χ0v) is 11.9. The number of carbonyl (C=O) groups is 1. The van der Waals surface area contributed by atoms with E-state index in [1.165, 1.54) is 11.1 Å². The van der Waals surface area contributed by atoms with Crippen molar-refractivity contribution in [2.75, 3.05) is 18.8 Å². The van der Waals surface area contributed by atoms with Crippen molar-refractivity contribution in [1.29, 1.82) is 0 Å². The summed E-state index contributed by atoms with van der Waals surface area (Å²) in [5.74, 6) is 1.14. The SMILES string of the molecule is Cl.NCCCNC(=O)C1SCCc2ccccc21. The summed E-state index contributed by atoms with van der Waals surface area (Å²) >= 11 is 1.73. The Balaban J connectivity index is 0.00000162. The van der Waals surface area contributed by atoms with Gasteiger partial charge in [0.1, 0.15) is 5.25 Å².